The Balaban J connectivity index is 1.28. The molecule has 1 heterocycles. The number of aryl methyl sites for hydroxylation is 1. The molecule has 0 aliphatic carbocycles. The predicted octanol–water partition coefficient (Wildman–Crippen LogP) is 9.98. The average molecular weight is 693 g/mol. The largest absolute Gasteiger partial charge is 0.382 e. The molecule has 9 heteroatoms. The molecule has 0 spiro atoms. The molecule has 0 saturated heterocycles. The zero-order valence-corrected chi connectivity index (χ0v) is 28.8. The van der Waals surface area contributed by atoms with Crippen molar-refractivity contribution in [3.05, 3.63) is 137 Å². The van der Waals surface area contributed by atoms with Crippen LogP contribution < -0.4 is 0 Å². The van der Waals surface area contributed by atoms with E-state index in [2.05, 4.69) is 28.8 Å². The number of hydrogen-bond donors (Lipinski definition) is 1. The second-order valence-corrected chi connectivity index (χ2v) is 13.9. The number of carbonyl (C=O) groups is 2. The fourth-order valence-corrected chi connectivity index (χ4v) is 7.43. The summed E-state index contributed by atoms with van der Waals surface area (Å²) in [6, 6.07) is 36.9. The van der Waals surface area contributed by atoms with Crippen molar-refractivity contribution < 1.29 is 19.5 Å². The van der Waals surface area contributed by atoms with Gasteiger partial charge in [0.15, 0.2) is 5.78 Å². The normalized spacial score (nSPS) is 12.4. The molecular weight excluding hydrogens is 660 g/mol. The SMILES string of the molecule is CCn1c2ccc(C(=O)c3ccc(Sc4ccccc4)cc3)cc2c2cc(C(O)/C(CCSc3ccc(Cl)cc3)=N/OC(C)=O)ccc21. The molecule has 48 heavy (non-hydrogen) atoms. The molecule has 1 unspecified atom stereocenters. The number of oxime groups is 1. The van der Waals surface area contributed by atoms with Crippen molar-refractivity contribution in [3.63, 3.8) is 0 Å². The monoisotopic (exact) mass is 692 g/mol. The van der Waals surface area contributed by atoms with E-state index in [1.807, 2.05) is 103 Å². The van der Waals surface area contributed by atoms with Crippen LogP contribution in [0, 0.1) is 0 Å². The molecule has 1 aromatic heterocycles. The van der Waals surface area contributed by atoms with Gasteiger partial charge in [0.2, 0.25) is 0 Å². The molecule has 0 radical (unpaired) electrons. The molecule has 242 valence electrons. The number of halogens is 1. The van der Waals surface area contributed by atoms with Gasteiger partial charge >= 0.3 is 5.97 Å². The molecule has 0 aliphatic heterocycles. The van der Waals surface area contributed by atoms with Crippen molar-refractivity contribution in [2.75, 3.05) is 5.75 Å². The zero-order valence-electron chi connectivity index (χ0n) is 26.4. The minimum absolute atomic E-state index is 0.0595. The van der Waals surface area contributed by atoms with Crippen LogP contribution in [-0.2, 0) is 16.2 Å². The van der Waals surface area contributed by atoms with Crippen LogP contribution >= 0.6 is 35.1 Å². The third kappa shape index (κ3) is 7.69. The van der Waals surface area contributed by atoms with Crippen LogP contribution in [0.3, 0.4) is 0 Å². The Bertz CT molecular complexity index is 2110. The lowest BCUT2D eigenvalue weighted by Crippen LogP contribution is -2.14. The van der Waals surface area contributed by atoms with Gasteiger partial charge in [0.25, 0.3) is 0 Å². The summed E-state index contributed by atoms with van der Waals surface area (Å²) in [5, 5.41) is 18.0. The van der Waals surface area contributed by atoms with E-state index in [0.717, 1.165) is 43.0 Å². The third-order valence-electron chi connectivity index (χ3n) is 7.93. The van der Waals surface area contributed by atoms with Gasteiger partial charge < -0.3 is 14.5 Å². The number of rotatable bonds is 12. The number of benzene rings is 5. The molecule has 0 saturated carbocycles. The van der Waals surface area contributed by atoms with Crippen LogP contribution in [0.5, 0.6) is 0 Å². The topological polar surface area (TPSA) is 80.9 Å². The van der Waals surface area contributed by atoms with Crippen LogP contribution in [0.1, 0.15) is 47.9 Å². The maximum atomic E-state index is 13.7. The minimum atomic E-state index is -1.10. The van der Waals surface area contributed by atoms with Gasteiger partial charge in [0.05, 0.1) is 5.71 Å². The molecule has 5 aromatic carbocycles. The van der Waals surface area contributed by atoms with Crippen molar-refractivity contribution in [1.82, 2.24) is 4.57 Å². The first kappa shape index (κ1) is 33.6. The highest BCUT2D eigenvalue weighted by atomic mass is 35.5. The summed E-state index contributed by atoms with van der Waals surface area (Å²) in [6.45, 7) is 4.09. The van der Waals surface area contributed by atoms with Crippen LogP contribution in [-0.4, -0.2) is 32.9 Å². The van der Waals surface area contributed by atoms with E-state index < -0.39 is 12.1 Å². The first-order valence-electron chi connectivity index (χ1n) is 15.5. The van der Waals surface area contributed by atoms with E-state index in [1.54, 1.807) is 23.5 Å². The quantitative estimate of drug-likeness (QED) is 0.0452. The summed E-state index contributed by atoms with van der Waals surface area (Å²) in [4.78, 5) is 33.5. The van der Waals surface area contributed by atoms with Crippen molar-refractivity contribution >= 4 is 74.4 Å². The first-order valence-corrected chi connectivity index (χ1v) is 17.7. The Kier molecular flexibility index (Phi) is 10.7. The highest BCUT2D eigenvalue weighted by Crippen LogP contribution is 2.34. The summed E-state index contributed by atoms with van der Waals surface area (Å²) in [7, 11) is 0. The number of aromatic nitrogens is 1. The number of aliphatic hydroxyl groups excluding tert-OH is 1. The molecule has 6 nitrogen and oxygen atoms in total. The standard InChI is InChI=1S/C39H33ClN2O4S2/c1-3-42-36-19-11-27(38(44)26-9-15-32(16-10-26)48-31-7-5-4-6-8-31)23-33(36)34-24-28(12-20-37(34)42)39(45)35(41-46-25(2)43)21-22-47-30-17-13-29(40)14-18-30/h4-20,23-24,39,45H,3,21-22H2,1-2H3/b41-35+. The number of fused-ring (bicyclic) bond motifs is 3. The van der Waals surface area contributed by atoms with Gasteiger partial charge in [-0.25, -0.2) is 4.79 Å². The highest BCUT2D eigenvalue weighted by Gasteiger charge is 2.20. The van der Waals surface area contributed by atoms with Crippen LogP contribution in [0.4, 0.5) is 0 Å². The fraction of sp³-hybridized carbons (Fsp3) is 0.154. The van der Waals surface area contributed by atoms with Crippen molar-refractivity contribution in [3.8, 4) is 0 Å². The summed E-state index contributed by atoms with van der Waals surface area (Å²) in [5.74, 6) is -0.0165. The Labute approximate surface area is 292 Å². The number of carbonyl (C=O) groups excluding carboxylic acids is 2. The van der Waals surface area contributed by atoms with Crippen molar-refractivity contribution in [2.24, 2.45) is 5.16 Å². The summed E-state index contributed by atoms with van der Waals surface area (Å²) in [6.07, 6.45) is -0.714. The first-order chi connectivity index (χ1) is 23.3. The summed E-state index contributed by atoms with van der Waals surface area (Å²) < 4.78 is 2.20. The van der Waals surface area contributed by atoms with Gasteiger partial charge in [-0.3, -0.25) is 4.79 Å². The number of nitrogens with zero attached hydrogens (tertiary/aromatic N) is 2. The lowest BCUT2D eigenvalue weighted by molar-refractivity contribution is -0.141. The minimum Gasteiger partial charge on any atom is -0.382 e. The van der Waals surface area contributed by atoms with Crippen molar-refractivity contribution in [1.29, 1.82) is 0 Å². The van der Waals surface area contributed by atoms with E-state index in [4.69, 9.17) is 16.4 Å². The molecule has 1 N–H and O–H groups in total. The predicted molar refractivity (Wildman–Crippen MR) is 197 cm³/mol. The van der Waals surface area contributed by atoms with E-state index in [-0.39, 0.29) is 5.78 Å². The maximum Gasteiger partial charge on any atom is 0.331 e. The number of thioether (sulfide) groups is 1. The molecule has 0 bridgehead atoms. The summed E-state index contributed by atoms with van der Waals surface area (Å²) in [5.41, 5.74) is 4.15. The van der Waals surface area contributed by atoms with Crippen molar-refractivity contribution in [2.45, 2.75) is 47.6 Å². The molecule has 0 fully saturated rings. The molecule has 0 aliphatic rings. The maximum absolute atomic E-state index is 13.7. The van der Waals surface area contributed by atoms with Crippen LogP contribution in [0.2, 0.25) is 5.02 Å². The fourth-order valence-electron chi connectivity index (χ4n) is 5.59. The van der Waals surface area contributed by atoms with Gasteiger partial charge in [-0.2, -0.15) is 0 Å². The van der Waals surface area contributed by atoms with Gasteiger partial charge in [-0.15, -0.1) is 11.8 Å². The lowest BCUT2D eigenvalue weighted by atomic mass is 9.99. The van der Waals surface area contributed by atoms with Crippen LogP contribution in [0.15, 0.2) is 135 Å². The Hall–Kier alpha value is -4.34. The van der Waals surface area contributed by atoms with E-state index in [1.165, 1.54) is 6.92 Å². The van der Waals surface area contributed by atoms with Gasteiger partial charge in [-0.05, 0) is 103 Å². The Morgan fingerprint density at radius 3 is 2.12 bits per heavy atom. The zero-order chi connectivity index (χ0) is 33.6. The second kappa shape index (κ2) is 15.3. The van der Waals surface area contributed by atoms with Gasteiger partial charge in [-0.1, -0.05) is 52.8 Å². The second-order valence-electron chi connectivity index (χ2n) is 11.1. The molecule has 1 atom stereocenters. The van der Waals surface area contributed by atoms with E-state index >= 15 is 0 Å². The molecular formula is C39H33ClN2O4S2. The van der Waals surface area contributed by atoms with E-state index in [9.17, 15) is 14.7 Å². The van der Waals surface area contributed by atoms with Crippen LogP contribution in [0.25, 0.3) is 21.8 Å². The average Bonchev–Trinajstić information content (AvgIpc) is 3.42. The molecule has 0 amide bonds. The molecule has 6 rings (SSSR count). The third-order valence-corrected chi connectivity index (χ3v) is 10.2. The van der Waals surface area contributed by atoms with Gasteiger partial charge in [0, 0.05) is 78.3 Å². The number of aliphatic hydroxyl groups is 1. The Morgan fingerprint density at radius 1 is 0.812 bits per heavy atom. The highest BCUT2D eigenvalue weighted by molar-refractivity contribution is 7.99. The smallest absolute Gasteiger partial charge is 0.331 e. The van der Waals surface area contributed by atoms with Gasteiger partial charge in [0.1, 0.15) is 6.10 Å². The lowest BCUT2D eigenvalue weighted by Gasteiger charge is -2.14. The Morgan fingerprint density at radius 2 is 1.44 bits per heavy atom. The summed E-state index contributed by atoms with van der Waals surface area (Å²) >= 11 is 9.26. The number of hydrogen-bond acceptors (Lipinski definition) is 7. The number of ketones is 1. The van der Waals surface area contributed by atoms with E-state index in [0.29, 0.717) is 39.6 Å². The molecule has 6 aromatic rings.